The number of unbranched alkanes of at least 4 members (excludes halogenated alkanes) is 1. The highest BCUT2D eigenvalue weighted by atomic mass is 16.4. The van der Waals surface area contributed by atoms with Crippen LogP contribution in [-0.4, -0.2) is 23.5 Å². The minimum Gasteiger partial charge on any atom is -0.481 e. The first kappa shape index (κ1) is 14.6. The molecule has 1 amide bonds. The summed E-state index contributed by atoms with van der Waals surface area (Å²) in [4.78, 5) is 22.6. The van der Waals surface area contributed by atoms with E-state index < -0.39 is 5.97 Å². The van der Waals surface area contributed by atoms with Crippen molar-refractivity contribution >= 4 is 11.9 Å². The summed E-state index contributed by atoms with van der Waals surface area (Å²) < 4.78 is 0. The minimum atomic E-state index is -0.779. The van der Waals surface area contributed by atoms with Crippen LogP contribution >= 0.6 is 0 Å². The molecule has 1 fully saturated rings. The second-order valence-corrected chi connectivity index (χ2v) is 5.55. The van der Waals surface area contributed by atoms with E-state index in [2.05, 4.69) is 17.4 Å². The van der Waals surface area contributed by atoms with Gasteiger partial charge in [-0.05, 0) is 37.7 Å². The maximum absolute atomic E-state index is 12.2. The van der Waals surface area contributed by atoms with Crippen LogP contribution in [0.1, 0.15) is 37.7 Å². The third-order valence-electron chi connectivity index (χ3n) is 3.82. The molecule has 108 valence electrons. The van der Waals surface area contributed by atoms with Crippen LogP contribution in [0.15, 0.2) is 30.3 Å². The van der Waals surface area contributed by atoms with E-state index in [0.29, 0.717) is 13.0 Å². The number of carbonyl (C=O) groups excluding carboxylic acids is 1. The molecule has 1 saturated carbocycles. The van der Waals surface area contributed by atoms with Crippen molar-refractivity contribution in [1.29, 1.82) is 0 Å². The molecule has 2 N–H and O–H groups in total. The van der Waals surface area contributed by atoms with Gasteiger partial charge in [-0.1, -0.05) is 30.3 Å². The van der Waals surface area contributed by atoms with Gasteiger partial charge in [0.25, 0.3) is 0 Å². The second-order valence-electron chi connectivity index (χ2n) is 5.55. The Morgan fingerprint density at radius 2 is 1.85 bits per heavy atom. The van der Waals surface area contributed by atoms with Gasteiger partial charge in [-0.2, -0.15) is 0 Å². The van der Waals surface area contributed by atoms with Gasteiger partial charge in [-0.15, -0.1) is 0 Å². The van der Waals surface area contributed by atoms with Crippen molar-refractivity contribution in [3.8, 4) is 0 Å². The lowest BCUT2D eigenvalue weighted by molar-refractivity contribution is -0.137. The van der Waals surface area contributed by atoms with E-state index in [0.717, 1.165) is 25.7 Å². The van der Waals surface area contributed by atoms with Crippen LogP contribution in [0.25, 0.3) is 0 Å². The molecule has 0 bridgehead atoms. The summed E-state index contributed by atoms with van der Waals surface area (Å²) in [5.41, 5.74) is 0.986. The second kappa shape index (κ2) is 6.55. The molecule has 2 rings (SSSR count). The van der Waals surface area contributed by atoms with Gasteiger partial charge < -0.3 is 10.4 Å². The van der Waals surface area contributed by atoms with Gasteiger partial charge >= 0.3 is 5.97 Å². The van der Waals surface area contributed by atoms with E-state index in [1.54, 1.807) is 0 Å². The molecule has 0 aliphatic heterocycles. The molecule has 1 aromatic carbocycles. The Morgan fingerprint density at radius 1 is 1.15 bits per heavy atom. The molecule has 0 unspecified atom stereocenters. The Balaban J connectivity index is 1.73. The highest BCUT2D eigenvalue weighted by Gasteiger charge is 2.49. The fourth-order valence-electron chi connectivity index (χ4n) is 2.41. The first-order valence-electron chi connectivity index (χ1n) is 7.16. The number of benzene rings is 1. The van der Waals surface area contributed by atoms with Crippen molar-refractivity contribution in [1.82, 2.24) is 5.32 Å². The number of amides is 1. The van der Waals surface area contributed by atoms with Crippen LogP contribution in [-0.2, 0) is 16.0 Å². The fraction of sp³-hybridized carbons (Fsp3) is 0.500. The molecule has 1 aliphatic carbocycles. The van der Waals surface area contributed by atoms with Gasteiger partial charge in [0.2, 0.25) is 5.91 Å². The largest absolute Gasteiger partial charge is 0.481 e. The molecule has 0 saturated heterocycles. The van der Waals surface area contributed by atoms with Crippen molar-refractivity contribution in [3.63, 3.8) is 0 Å². The topological polar surface area (TPSA) is 66.4 Å². The summed E-state index contributed by atoms with van der Waals surface area (Å²) in [6.45, 7) is 0.572. The standard InChI is InChI=1S/C16H21NO3/c18-14(19)8-4-5-11-17-15(20)16(9-10-16)12-13-6-2-1-3-7-13/h1-3,6-7H,4-5,8-12H2,(H,17,20)(H,18,19). The van der Waals surface area contributed by atoms with Gasteiger partial charge in [0.15, 0.2) is 0 Å². The van der Waals surface area contributed by atoms with Crippen LogP contribution in [0.4, 0.5) is 0 Å². The number of aliphatic carboxylic acids is 1. The molecule has 0 aromatic heterocycles. The smallest absolute Gasteiger partial charge is 0.303 e. The van der Waals surface area contributed by atoms with Crippen molar-refractivity contribution in [2.75, 3.05) is 6.54 Å². The van der Waals surface area contributed by atoms with Crippen LogP contribution < -0.4 is 5.32 Å². The van der Waals surface area contributed by atoms with E-state index in [1.807, 2.05) is 18.2 Å². The molecule has 20 heavy (non-hydrogen) atoms. The SMILES string of the molecule is O=C(O)CCCCNC(=O)C1(Cc2ccccc2)CC1. The molecule has 0 spiro atoms. The molecule has 4 heteroatoms. The average Bonchev–Trinajstić information content (AvgIpc) is 3.20. The molecule has 4 nitrogen and oxygen atoms in total. The van der Waals surface area contributed by atoms with Gasteiger partial charge in [0.05, 0.1) is 5.41 Å². The zero-order valence-electron chi connectivity index (χ0n) is 11.6. The van der Waals surface area contributed by atoms with E-state index in [4.69, 9.17) is 5.11 Å². The van der Waals surface area contributed by atoms with Crippen LogP contribution in [0.3, 0.4) is 0 Å². The molecular weight excluding hydrogens is 254 g/mol. The zero-order chi connectivity index (χ0) is 14.4. The number of hydrogen-bond donors (Lipinski definition) is 2. The van der Waals surface area contributed by atoms with Crippen molar-refractivity contribution < 1.29 is 14.7 Å². The van der Waals surface area contributed by atoms with E-state index in [9.17, 15) is 9.59 Å². The Kier molecular flexibility index (Phi) is 4.77. The first-order chi connectivity index (χ1) is 9.62. The molecular formula is C16H21NO3. The Morgan fingerprint density at radius 3 is 2.45 bits per heavy atom. The van der Waals surface area contributed by atoms with Gasteiger partial charge in [0.1, 0.15) is 0 Å². The maximum atomic E-state index is 12.2. The molecule has 0 atom stereocenters. The normalized spacial score (nSPS) is 15.6. The predicted molar refractivity (Wildman–Crippen MR) is 76.3 cm³/mol. The minimum absolute atomic E-state index is 0.122. The lowest BCUT2D eigenvalue weighted by atomic mass is 9.95. The van der Waals surface area contributed by atoms with Crippen molar-refractivity contribution in [3.05, 3.63) is 35.9 Å². The number of carboxylic acid groups (broad SMARTS) is 1. The lowest BCUT2D eigenvalue weighted by Crippen LogP contribution is -2.34. The molecule has 0 radical (unpaired) electrons. The highest BCUT2D eigenvalue weighted by Crippen LogP contribution is 2.48. The van der Waals surface area contributed by atoms with Crippen LogP contribution in [0.5, 0.6) is 0 Å². The summed E-state index contributed by atoms with van der Waals surface area (Å²) in [6.07, 6.45) is 4.20. The third kappa shape index (κ3) is 4.08. The van der Waals surface area contributed by atoms with Crippen molar-refractivity contribution in [2.24, 2.45) is 5.41 Å². The number of hydrogen-bond acceptors (Lipinski definition) is 2. The summed E-state index contributed by atoms with van der Waals surface area (Å²) in [5, 5.41) is 11.5. The van der Waals surface area contributed by atoms with Crippen LogP contribution in [0.2, 0.25) is 0 Å². The Hall–Kier alpha value is -1.84. The summed E-state index contributed by atoms with van der Waals surface area (Å²) in [6, 6.07) is 10.1. The summed E-state index contributed by atoms with van der Waals surface area (Å²) >= 11 is 0. The highest BCUT2D eigenvalue weighted by molar-refractivity contribution is 5.85. The predicted octanol–water partition coefficient (Wildman–Crippen LogP) is 2.38. The number of nitrogens with one attached hydrogen (secondary N) is 1. The fourth-order valence-corrected chi connectivity index (χ4v) is 2.41. The third-order valence-corrected chi connectivity index (χ3v) is 3.82. The lowest BCUT2D eigenvalue weighted by Gasteiger charge is -2.15. The van der Waals surface area contributed by atoms with Gasteiger partial charge in [-0.25, -0.2) is 0 Å². The number of carbonyl (C=O) groups is 2. The maximum Gasteiger partial charge on any atom is 0.303 e. The number of rotatable bonds is 8. The first-order valence-corrected chi connectivity index (χ1v) is 7.16. The molecule has 1 aromatic rings. The number of carboxylic acids is 1. The van der Waals surface area contributed by atoms with E-state index >= 15 is 0 Å². The van der Waals surface area contributed by atoms with Crippen molar-refractivity contribution in [2.45, 2.75) is 38.5 Å². The van der Waals surface area contributed by atoms with Crippen LogP contribution in [0, 0.1) is 5.41 Å². The van der Waals surface area contributed by atoms with E-state index in [-0.39, 0.29) is 17.7 Å². The quantitative estimate of drug-likeness (QED) is 0.716. The van der Waals surface area contributed by atoms with Gasteiger partial charge in [-0.3, -0.25) is 9.59 Å². The monoisotopic (exact) mass is 275 g/mol. The summed E-state index contributed by atoms with van der Waals surface area (Å²) in [7, 11) is 0. The zero-order valence-corrected chi connectivity index (χ0v) is 11.6. The average molecular weight is 275 g/mol. The molecule has 0 heterocycles. The Bertz CT molecular complexity index is 466. The van der Waals surface area contributed by atoms with Gasteiger partial charge in [0, 0.05) is 13.0 Å². The molecule has 1 aliphatic rings. The summed E-state index contributed by atoms with van der Waals surface area (Å²) in [5.74, 6) is -0.657. The Labute approximate surface area is 119 Å². The van der Waals surface area contributed by atoms with E-state index in [1.165, 1.54) is 5.56 Å².